The van der Waals surface area contributed by atoms with Gasteiger partial charge in [-0.05, 0) is 42.3 Å². The number of benzene rings is 2. The number of nitrogens with two attached hydrogens (primary N) is 1. The van der Waals surface area contributed by atoms with Crippen LogP contribution in [0.5, 0.6) is 0 Å². The van der Waals surface area contributed by atoms with Gasteiger partial charge in [0.15, 0.2) is 5.78 Å². The third-order valence-corrected chi connectivity index (χ3v) is 3.45. The van der Waals surface area contributed by atoms with Crippen molar-refractivity contribution in [3.05, 3.63) is 69.4 Å². The Hall–Kier alpha value is -1.52. The van der Waals surface area contributed by atoms with Gasteiger partial charge in [0.05, 0.1) is 0 Å². The fourth-order valence-electron chi connectivity index (χ4n) is 2.02. The Balaban J connectivity index is 2.11. The highest BCUT2D eigenvalue weighted by Crippen LogP contribution is 2.17. The summed E-state index contributed by atoms with van der Waals surface area (Å²) in [6.45, 7) is 0.588. The van der Waals surface area contributed by atoms with Gasteiger partial charge in [-0.15, -0.1) is 0 Å². The van der Waals surface area contributed by atoms with E-state index in [4.69, 9.17) is 5.73 Å². The van der Waals surface area contributed by atoms with Crippen LogP contribution in [-0.2, 0) is 12.8 Å². The standard InChI is InChI=1S/C16H15BrFNO/c17-14-7-12(8-15(18)10-14)9-16(20)13-3-1-11(2-4-13)5-6-19/h1-4,7-8,10H,5-6,9,19H2. The zero-order chi connectivity index (χ0) is 14.5. The Labute approximate surface area is 125 Å². The van der Waals surface area contributed by atoms with E-state index in [0.717, 1.165) is 12.0 Å². The molecule has 20 heavy (non-hydrogen) atoms. The van der Waals surface area contributed by atoms with Crippen LogP contribution in [0.1, 0.15) is 21.5 Å². The predicted octanol–water partition coefficient (Wildman–Crippen LogP) is 3.51. The smallest absolute Gasteiger partial charge is 0.167 e. The molecular formula is C16H15BrFNO. The van der Waals surface area contributed by atoms with Crippen molar-refractivity contribution in [1.29, 1.82) is 0 Å². The summed E-state index contributed by atoms with van der Waals surface area (Å²) in [7, 11) is 0. The van der Waals surface area contributed by atoms with Crippen molar-refractivity contribution in [2.24, 2.45) is 5.73 Å². The minimum Gasteiger partial charge on any atom is -0.330 e. The number of halogens is 2. The normalized spacial score (nSPS) is 10.6. The van der Waals surface area contributed by atoms with Crippen LogP contribution in [0, 0.1) is 5.82 Å². The lowest BCUT2D eigenvalue weighted by Crippen LogP contribution is -2.05. The summed E-state index contributed by atoms with van der Waals surface area (Å²) in [5.74, 6) is -0.373. The first-order valence-electron chi connectivity index (χ1n) is 6.35. The molecule has 0 saturated heterocycles. The molecule has 0 fully saturated rings. The first-order valence-corrected chi connectivity index (χ1v) is 7.15. The number of hydrogen-bond acceptors (Lipinski definition) is 2. The molecule has 0 aliphatic carbocycles. The highest BCUT2D eigenvalue weighted by Gasteiger charge is 2.08. The number of carbonyl (C=O) groups is 1. The lowest BCUT2D eigenvalue weighted by molar-refractivity contribution is 0.0993. The Bertz CT molecular complexity index is 590. The summed E-state index contributed by atoms with van der Waals surface area (Å²) in [5, 5.41) is 0. The highest BCUT2D eigenvalue weighted by atomic mass is 79.9. The van der Waals surface area contributed by atoms with Crippen LogP contribution in [0.3, 0.4) is 0 Å². The highest BCUT2D eigenvalue weighted by molar-refractivity contribution is 9.10. The van der Waals surface area contributed by atoms with Crippen molar-refractivity contribution in [2.45, 2.75) is 12.8 Å². The number of carbonyl (C=O) groups excluding carboxylic acids is 1. The van der Waals surface area contributed by atoms with E-state index in [9.17, 15) is 9.18 Å². The molecule has 0 amide bonds. The molecule has 0 aliphatic rings. The molecular weight excluding hydrogens is 321 g/mol. The van der Waals surface area contributed by atoms with E-state index in [1.165, 1.54) is 12.1 Å². The third-order valence-electron chi connectivity index (χ3n) is 3.00. The molecule has 104 valence electrons. The number of Topliss-reactive ketones (excluding diaryl/α,β-unsaturated/α-hetero) is 1. The second-order valence-electron chi connectivity index (χ2n) is 4.61. The minimum atomic E-state index is -0.347. The average molecular weight is 336 g/mol. The molecule has 0 atom stereocenters. The van der Waals surface area contributed by atoms with E-state index in [-0.39, 0.29) is 18.0 Å². The lowest BCUT2D eigenvalue weighted by atomic mass is 10.0. The maximum atomic E-state index is 13.3. The summed E-state index contributed by atoms with van der Waals surface area (Å²) in [5.41, 5.74) is 7.88. The third kappa shape index (κ3) is 3.99. The quantitative estimate of drug-likeness (QED) is 0.849. The molecule has 0 radical (unpaired) electrons. The van der Waals surface area contributed by atoms with Crippen molar-refractivity contribution in [2.75, 3.05) is 6.54 Å². The van der Waals surface area contributed by atoms with Crippen LogP contribution in [0.2, 0.25) is 0 Å². The minimum absolute atomic E-state index is 0.0261. The molecule has 0 unspecified atom stereocenters. The van der Waals surface area contributed by atoms with Gasteiger partial charge in [0.25, 0.3) is 0 Å². The van der Waals surface area contributed by atoms with Gasteiger partial charge in [0, 0.05) is 16.5 Å². The fourth-order valence-corrected chi connectivity index (χ4v) is 2.54. The van der Waals surface area contributed by atoms with E-state index in [1.807, 2.05) is 12.1 Å². The molecule has 0 saturated carbocycles. The maximum Gasteiger partial charge on any atom is 0.167 e. The topological polar surface area (TPSA) is 43.1 Å². The Morgan fingerprint density at radius 1 is 1.10 bits per heavy atom. The molecule has 0 aliphatic heterocycles. The van der Waals surface area contributed by atoms with Gasteiger partial charge in [-0.25, -0.2) is 4.39 Å². The first kappa shape index (κ1) is 14.9. The molecule has 2 rings (SSSR count). The maximum absolute atomic E-state index is 13.3. The molecule has 0 heterocycles. The van der Waals surface area contributed by atoms with Gasteiger partial charge in [-0.3, -0.25) is 4.79 Å². The summed E-state index contributed by atoms with van der Waals surface area (Å²) in [6.07, 6.45) is 0.984. The van der Waals surface area contributed by atoms with Gasteiger partial charge >= 0.3 is 0 Å². The largest absolute Gasteiger partial charge is 0.330 e. The number of rotatable bonds is 5. The van der Waals surface area contributed by atoms with Crippen LogP contribution in [0.15, 0.2) is 46.9 Å². The summed E-state index contributed by atoms with van der Waals surface area (Å²) in [6, 6.07) is 11.9. The van der Waals surface area contributed by atoms with Crippen molar-refractivity contribution in [3.8, 4) is 0 Å². The molecule has 2 aromatic rings. The van der Waals surface area contributed by atoms with Crippen molar-refractivity contribution < 1.29 is 9.18 Å². The van der Waals surface area contributed by atoms with Crippen LogP contribution in [0.25, 0.3) is 0 Å². The van der Waals surface area contributed by atoms with Crippen LogP contribution in [-0.4, -0.2) is 12.3 Å². The number of hydrogen-bond donors (Lipinski definition) is 1. The first-order chi connectivity index (χ1) is 9.58. The van der Waals surface area contributed by atoms with Gasteiger partial charge < -0.3 is 5.73 Å². The summed E-state index contributed by atoms with van der Waals surface area (Å²) >= 11 is 3.22. The second-order valence-corrected chi connectivity index (χ2v) is 5.53. The van der Waals surface area contributed by atoms with Crippen molar-refractivity contribution in [1.82, 2.24) is 0 Å². The molecule has 2 N–H and O–H groups in total. The molecule has 0 bridgehead atoms. The van der Waals surface area contributed by atoms with E-state index < -0.39 is 0 Å². The van der Waals surface area contributed by atoms with E-state index in [2.05, 4.69) is 15.9 Å². The molecule has 0 spiro atoms. The fraction of sp³-hybridized carbons (Fsp3) is 0.188. The monoisotopic (exact) mass is 335 g/mol. The molecule has 2 nitrogen and oxygen atoms in total. The Morgan fingerprint density at radius 3 is 2.40 bits per heavy atom. The van der Waals surface area contributed by atoms with Gasteiger partial charge in [-0.1, -0.05) is 40.2 Å². The van der Waals surface area contributed by atoms with E-state index >= 15 is 0 Å². The SMILES string of the molecule is NCCc1ccc(C(=O)Cc2cc(F)cc(Br)c2)cc1. The Kier molecular flexibility index (Phi) is 5.04. The summed E-state index contributed by atoms with van der Waals surface area (Å²) in [4.78, 5) is 12.1. The van der Waals surface area contributed by atoms with Crippen molar-refractivity contribution >= 4 is 21.7 Å². The van der Waals surface area contributed by atoms with Gasteiger partial charge in [0.2, 0.25) is 0 Å². The van der Waals surface area contributed by atoms with Crippen LogP contribution < -0.4 is 5.73 Å². The molecule has 4 heteroatoms. The van der Waals surface area contributed by atoms with E-state index in [0.29, 0.717) is 22.1 Å². The lowest BCUT2D eigenvalue weighted by Gasteiger charge is -2.04. The second kappa shape index (κ2) is 6.77. The molecule has 0 aromatic heterocycles. The number of ketones is 1. The van der Waals surface area contributed by atoms with Crippen LogP contribution in [0.4, 0.5) is 4.39 Å². The van der Waals surface area contributed by atoms with Crippen LogP contribution >= 0.6 is 15.9 Å². The molecule has 2 aromatic carbocycles. The zero-order valence-corrected chi connectivity index (χ0v) is 12.5. The summed E-state index contributed by atoms with van der Waals surface area (Å²) < 4.78 is 13.9. The van der Waals surface area contributed by atoms with Gasteiger partial charge in [0.1, 0.15) is 5.82 Å². The predicted molar refractivity (Wildman–Crippen MR) is 81.3 cm³/mol. The van der Waals surface area contributed by atoms with Crippen molar-refractivity contribution in [3.63, 3.8) is 0 Å². The van der Waals surface area contributed by atoms with E-state index in [1.54, 1.807) is 18.2 Å². The Morgan fingerprint density at radius 2 is 1.80 bits per heavy atom. The van der Waals surface area contributed by atoms with Gasteiger partial charge in [-0.2, -0.15) is 0 Å². The average Bonchev–Trinajstić information content (AvgIpc) is 2.38. The zero-order valence-electron chi connectivity index (χ0n) is 10.9.